The van der Waals surface area contributed by atoms with Gasteiger partial charge in [-0.05, 0) is 25.0 Å². The number of oxazole rings is 1. The molecule has 8 nitrogen and oxygen atoms in total. The highest BCUT2D eigenvalue weighted by molar-refractivity contribution is 7.18. The zero-order valence-electron chi connectivity index (χ0n) is 16.6. The maximum atomic E-state index is 13.7. The van der Waals surface area contributed by atoms with Gasteiger partial charge in [0.25, 0.3) is 12.3 Å². The van der Waals surface area contributed by atoms with Gasteiger partial charge in [-0.15, -0.1) is 11.3 Å². The van der Waals surface area contributed by atoms with E-state index < -0.39 is 35.4 Å². The third kappa shape index (κ3) is 2.95. The van der Waals surface area contributed by atoms with Gasteiger partial charge in [-0.1, -0.05) is 12.1 Å². The summed E-state index contributed by atoms with van der Waals surface area (Å²) < 4.78 is 33.8. The van der Waals surface area contributed by atoms with Gasteiger partial charge in [-0.2, -0.15) is 0 Å². The molecule has 0 saturated heterocycles. The predicted molar refractivity (Wildman–Crippen MR) is 109 cm³/mol. The smallest absolute Gasteiger partial charge is 0.292 e. The molecule has 0 unspecified atom stereocenters. The molecule has 1 aromatic carbocycles. The Kier molecular flexibility index (Phi) is 4.21. The number of alkyl halides is 2. The van der Waals surface area contributed by atoms with Gasteiger partial charge in [0.15, 0.2) is 5.69 Å². The topological polar surface area (TPSA) is 108 Å². The van der Waals surface area contributed by atoms with Crippen molar-refractivity contribution in [1.29, 1.82) is 0 Å². The van der Waals surface area contributed by atoms with E-state index in [0.29, 0.717) is 30.0 Å². The number of aromatic nitrogens is 4. The third-order valence-electron chi connectivity index (χ3n) is 5.91. The molecule has 4 heterocycles. The monoisotopic (exact) mass is 457 g/mol. The van der Waals surface area contributed by atoms with Crippen LogP contribution in [0.2, 0.25) is 0 Å². The van der Waals surface area contributed by atoms with Crippen LogP contribution in [0, 0.1) is 0 Å². The summed E-state index contributed by atoms with van der Waals surface area (Å²) in [6, 6.07) is 6.94. The summed E-state index contributed by atoms with van der Waals surface area (Å²) in [4.78, 5) is 30.9. The Balaban J connectivity index is 1.45. The summed E-state index contributed by atoms with van der Waals surface area (Å²) in [5, 5.41) is 10.9. The van der Waals surface area contributed by atoms with E-state index >= 15 is 0 Å². The van der Waals surface area contributed by atoms with Gasteiger partial charge in [-0.25, -0.2) is 23.7 Å². The standard InChI is InChI=1S/C21H17F2N5O3S/c22-17(23)14-16(31-20(27-14)21(30)6-7-21)19(29)28-8-5-11-13(25-9-24-11)15(28)18-26-10-3-1-2-4-12(10)32-18/h1-4,9,15,17,30H,5-8H2,(H,24,25)/t15-/m0/s1. The number of halogens is 2. The lowest BCUT2D eigenvalue weighted by Gasteiger charge is -2.33. The fourth-order valence-corrected chi connectivity index (χ4v) is 5.13. The number of hydrogen-bond donors (Lipinski definition) is 2. The van der Waals surface area contributed by atoms with Crippen LogP contribution in [0.4, 0.5) is 8.78 Å². The van der Waals surface area contributed by atoms with Gasteiger partial charge in [0.2, 0.25) is 11.7 Å². The van der Waals surface area contributed by atoms with Crippen molar-refractivity contribution < 1.29 is 23.1 Å². The van der Waals surface area contributed by atoms with Crippen LogP contribution in [0.15, 0.2) is 35.0 Å². The zero-order chi connectivity index (χ0) is 22.0. The summed E-state index contributed by atoms with van der Waals surface area (Å²) in [5.41, 5.74) is 0.168. The van der Waals surface area contributed by atoms with Crippen LogP contribution in [0.3, 0.4) is 0 Å². The lowest BCUT2D eigenvalue weighted by molar-refractivity contribution is 0.0627. The number of imidazole rings is 1. The van der Waals surface area contributed by atoms with Gasteiger partial charge in [0.1, 0.15) is 16.7 Å². The third-order valence-corrected chi connectivity index (χ3v) is 7.00. The quantitative estimate of drug-likeness (QED) is 0.484. The number of thiazole rings is 1. The SMILES string of the molecule is O=C(c1oc(C2(O)CC2)nc1C(F)F)N1CCc2[nH]cnc2[C@H]1c1nc2ccccc2s1. The number of nitrogens with zero attached hydrogens (tertiary/aromatic N) is 4. The van der Waals surface area contributed by atoms with Crippen molar-refractivity contribution in [2.45, 2.75) is 37.3 Å². The van der Waals surface area contributed by atoms with Crippen molar-refractivity contribution in [2.75, 3.05) is 6.54 Å². The average molecular weight is 457 g/mol. The van der Waals surface area contributed by atoms with E-state index in [9.17, 15) is 18.7 Å². The van der Waals surface area contributed by atoms with Crippen molar-refractivity contribution in [3.05, 3.63) is 64.3 Å². The number of aromatic amines is 1. The van der Waals surface area contributed by atoms with Gasteiger partial charge in [0.05, 0.1) is 22.2 Å². The number of fused-ring (bicyclic) bond motifs is 2. The molecule has 1 saturated carbocycles. The number of hydrogen-bond acceptors (Lipinski definition) is 7. The number of para-hydroxylation sites is 1. The largest absolute Gasteiger partial charge is 0.432 e. The second-order valence-electron chi connectivity index (χ2n) is 8.00. The number of carbonyl (C=O) groups is 1. The minimum absolute atomic E-state index is 0.231. The van der Waals surface area contributed by atoms with Crippen molar-refractivity contribution in [2.24, 2.45) is 0 Å². The zero-order valence-corrected chi connectivity index (χ0v) is 17.4. The van der Waals surface area contributed by atoms with Gasteiger partial charge in [0, 0.05) is 18.7 Å². The van der Waals surface area contributed by atoms with Gasteiger partial charge < -0.3 is 19.4 Å². The normalized spacial score (nSPS) is 19.5. The van der Waals surface area contributed by atoms with Gasteiger partial charge >= 0.3 is 0 Å². The second-order valence-corrected chi connectivity index (χ2v) is 9.07. The van der Waals surface area contributed by atoms with Crippen LogP contribution in [-0.2, 0) is 12.0 Å². The number of nitrogens with one attached hydrogen (secondary N) is 1. The fourth-order valence-electron chi connectivity index (χ4n) is 4.05. The number of benzene rings is 1. The first-order valence-corrected chi connectivity index (χ1v) is 11.0. The van der Waals surface area contributed by atoms with E-state index in [1.807, 2.05) is 24.3 Å². The molecule has 2 N–H and O–H groups in total. The highest BCUT2D eigenvalue weighted by Gasteiger charge is 2.49. The molecule has 0 bridgehead atoms. The van der Waals surface area contributed by atoms with E-state index in [4.69, 9.17) is 4.42 Å². The predicted octanol–water partition coefficient (Wildman–Crippen LogP) is 3.71. The van der Waals surface area contributed by atoms with Crippen molar-refractivity contribution in [1.82, 2.24) is 24.8 Å². The molecule has 4 aromatic rings. The van der Waals surface area contributed by atoms with E-state index in [-0.39, 0.29) is 12.4 Å². The summed E-state index contributed by atoms with van der Waals surface area (Å²) in [6.45, 7) is 0.262. The summed E-state index contributed by atoms with van der Waals surface area (Å²) in [6.07, 6.45) is -0.256. The maximum absolute atomic E-state index is 13.7. The molecule has 6 rings (SSSR count). The van der Waals surface area contributed by atoms with Crippen LogP contribution >= 0.6 is 11.3 Å². The molecule has 3 aromatic heterocycles. The van der Waals surface area contributed by atoms with Gasteiger partial charge in [-0.3, -0.25) is 4.79 Å². The molecular formula is C21H17F2N5O3S. The van der Waals surface area contributed by atoms with E-state index in [0.717, 1.165) is 15.9 Å². The van der Waals surface area contributed by atoms with Crippen molar-refractivity contribution in [3.8, 4) is 0 Å². The summed E-state index contributed by atoms with van der Waals surface area (Å²) in [7, 11) is 0. The summed E-state index contributed by atoms with van der Waals surface area (Å²) >= 11 is 1.42. The number of carbonyl (C=O) groups excluding carboxylic acids is 1. The highest BCUT2D eigenvalue weighted by Crippen LogP contribution is 2.46. The molecule has 164 valence electrons. The highest BCUT2D eigenvalue weighted by atomic mass is 32.1. The first-order valence-electron chi connectivity index (χ1n) is 10.1. The molecule has 1 atom stereocenters. The minimum atomic E-state index is -3.01. The lowest BCUT2D eigenvalue weighted by Crippen LogP contribution is -2.41. The molecular weight excluding hydrogens is 440 g/mol. The molecule has 1 aliphatic heterocycles. The maximum Gasteiger partial charge on any atom is 0.292 e. The molecule has 1 aliphatic carbocycles. The van der Waals surface area contributed by atoms with Crippen LogP contribution in [0.25, 0.3) is 10.2 Å². The summed E-state index contributed by atoms with van der Waals surface area (Å²) in [5.74, 6) is -1.49. The molecule has 1 amide bonds. The second kappa shape index (κ2) is 6.91. The van der Waals surface area contributed by atoms with Crippen LogP contribution in [0.1, 0.15) is 63.8 Å². The Morgan fingerprint density at radius 3 is 2.88 bits per heavy atom. The molecule has 0 radical (unpaired) electrons. The van der Waals surface area contributed by atoms with E-state index in [2.05, 4.69) is 19.9 Å². The Morgan fingerprint density at radius 1 is 1.31 bits per heavy atom. The molecule has 2 aliphatic rings. The van der Waals surface area contributed by atoms with Crippen molar-refractivity contribution >= 4 is 27.5 Å². The molecule has 1 fully saturated rings. The first kappa shape index (κ1) is 19.5. The Morgan fingerprint density at radius 2 is 2.12 bits per heavy atom. The van der Waals surface area contributed by atoms with Crippen molar-refractivity contribution in [3.63, 3.8) is 0 Å². The lowest BCUT2D eigenvalue weighted by atomic mass is 10.0. The number of rotatable bonds is 4. The Labute approximate surface area is 183 Å². The fraction of sp³-hybridized carbons (Fsp3) is 0.333. The number of aliphatic hydroxyl groups is 1. The number of amides is 1. The average Bonchev–Trinajstić information content (AvgIpc) is 3.23. The minimum Gasteiger partial charge on any atom is -0.432 e. The number of H-pyrrole nitrogens is 1. The Bertz CT molecular complexity index is 1310. The van der Waals surface area contributed by atoms with E-state index in [1.54, 1.807) is 6.33 Å². The van der Waals surface area contributed by atoms with Crippen LogP contribution in [-0.4, -0.2) is 42.4 Å². The molecule has 11 heteroatoms. The Hall–Kier alpha value is -3.18. The van der Waals surface area contributed by atoms with E-state index in [1.165, 1.54) is 16.2 Å². The first-order chi connectivity index (χ1) is 15.4. The molecule has 32 heavy (non-hydrogen) atoms. The van der Waals surface area contributed by atoms with Crippen LogP contribution in [0.5, 0.6) is 0 Å². The molecule has 0 spiro atoms. The van der Waals surface area contributed by atoms with Crippen LogP contribution < -0.4 is 0 Å².